The molecule has 1 aromatic rings. The number of aliphatic hydroxyl groups is 1. The predicted molar refractivity (Wildman–Crippen MR) is 73.0 cm³/mol. The highest BCUT2D eigenvalue weighted by atomic mass is 16.3. The number of hydrogen-bond donors (Lipinski definition) is 2. The Hall–Kier alpha value is -0.860. The lowest BCUT2D eigenvalue weighted by Gasteiger charge is -2.19. The highest BCUT2D eigenvalue weighted by Crippen LogP contribution is 2.15. The SMILES string of the molecule is CC(C)(N)Cc1ccc(CCC(C)(C)O)cc1. The van der Waals surface area contributed by atoms with Crippen LogP contribution in [0.5, 0.6) is 0 Å². The maximum absolute atomic E-state index is 9.67. The molecule has 3 N–H and O–H groups in total. The third-order valence-electron chi connectivity index (χ3n) is 2.71. The molecule has 96 valence electrons. The maximum atomic E-state index is 9.67. The summed E-state index contributed by atoms with van der Waals surface area (Å²) in [5.41, 5.74) is 7.78. The summed E-state index contributed by atoms with van der Waals surface area (Å²) >= 11 is 0. The van der Waals surface area contributed by atoms with Gasteiger partial charge in [0, 0.05) is 5.54 Å². The fourth-order valence-corrected chi connectivity index (χ4v) is 1.80. The molecule has 0 unspecified atom stereocenters. The van der Waals surface area contributed by atoms with E-state index in [4.69, 9.17) is 5.73 Å². The van der Waals surface area contributed by atoms with Crippen LogP contribution in [0.1, 0.15) is 45.2 Å². The largest absolute Gasteiger partial charge is 0.390 e. The average Bonchev–Trinajstić information content (AvgIpc) is 2.13. The number of hydrogen-bond acceptors (Lipinski definition) is 2. The Kier molecular flexibility index (Phi) is 4.34. The molecule has 2 heteroatoms. The second-order valence-corrected chi connectivity index (χ2v) is 6.29. The van der Waals surface area contributed by atoms with Crippen molar-refractivity contribution in [1.29, 1.82) is 0 Å². The quantitative estimate of drug-likeness (QED) is 0.824. The van der Waals surface area contributed by atoms with E-state index in [0.717, 1.165) is 19.3 Å². The molecule has 0 aliphatic heterocycles. The molecule has 0 saturated heterocycles. The third kappa shape index (κ3) is 6.44. The molecule has 0 aromatic heterocycles. The van der Waals surface area contributed by atoms with Gasteiger partial charge in [-0.3, -0.25) is 0 Å². The Balaban J connectivity index is 2.56. The van der Waals surface area contributed by atoms with Crippen LogP contribution in [0.15, 0.2) is 24.3 Å². The van der Waals surface area contributed by atoms with Gasteiger partial charge < -0.3 is 10.8 Å². The van der Waals surface area contributed by atoms with Crippen LogP contribution in [-0.2, 0) is 12.8 Å². The van der Waals surface area contributed by atoms with E-state index in [1.807, 2.05) is 27.7 Å². The Bertz CT molecular complexity index is 341. The van der Waals surface area contributed by atoms with E-state index in [9.17, 15) is 5.11 Å². The molecule has 17 heavy (non-hydrogen) atoms. The van der Waals surface area contributed by atoms with Crippen LogP contribution in [0.2, 0.25) is 0 Å². The normalized spacial score (nSPS) is 12.8. The van der Waals surface area contributed by atoms with E-state index in [0.29, 0.717) is 0 Å². The van der Waals surface area contributed by atoms with Crippen LogP contribution in [0.25, 0.3) is 0 Å². The molecular formula is C15H25NO. The summed E-state index contributed by atoms with van der Waals surface area (Å²) in [6.07, 6.45) is 2.59. The molecule has 0 amide bonds. The monoisotopic (exact) mass is 235 g/mol. The summed E-state index contributed by atoms with van der Waals surface area (Å²) in [7, 11) is 0. The van der Waals surface area contributed by atoms with Crippen molar-refractivity contribution < 1.29 is 5.11 Å². The van der Waals surface area contributed by atoms with E-state index in [2.05, 4.69) is 24.3 Å². The summed E-state index contributed by atoms with van der Waals surface area (Å²) < 4.78 is 0. The van der Waals surface area contributed by atoms with Gasteiger partial charge in [-0.15, -0.1) is 0 Å². The minimum absolute atomic E-state index is 0.158. The van der Waals surface area contributed by atoms with Crippen LogP contribution in [-0.4, -0.2) is 16.2 Å². The van der Waals surface area contributed by atoms with Crippen molar-refractivity contribution >= 4 is 0 Å². The highest BCUT2D eigenvalue weighted by molar-refractivity contribution is 5.24. The molecule has 0 fully saturated rings. The molecule has 0 spiro atoms. The first-order chi connectivity index (χ1) is 7.66. The molecule has 0 bridgehead atoms. The molecule has 0 heterocycles. The standard InChI is InChI=1S/C15H25NO/c1-14(2,16)11-13-7-5-12(6-8-13)9-10-15(3,4)17/h5-8,17H,9-11,16H2,1-4H3. The van der Waals surface area contributed by atoms with Crippen LogP contribution in [0, 0.1) is 0 Å². The first-order valence-corrected chi connectivity index (χ1v) is 6.25. The minimum atomic E-state index is -0.585. The topological polar surface area (TPSA) is 46.2 Å². The van der Waals surface area contributed by atoms with Gasteiger partial charge in [0.15, 0.2) is 0 Å². The zero-order chi connectivity index (χ0) is 13.1. The van der Waals surface area contributed by atoms with E-state index >= 15 is 0 Å². The van der Waals surface area contributed by atoms with Crippen LogP contribution in [0.3, 0.4) is 0 Å². The lowest BCUT2D eigenvalue weighted by atomic mass is 9.94. The van der Waals surface area contributed by atoms with Gasteiger partial charge in [-0.25, -0.2) is 0 Å². The molecule has 1 rings (SSSR count). The van der Waals surface area contributed by atoms with Gasteiger partial charge in [0.1, 0.15) is 0 Å². The van der Waals surface area contributed by atoms with Gasteiger partial charge in [-0.1, -0.05) is 24.3 Å². The van der Waals surface area contributed by atoms with Crippen LogP contribution < -0.4 is 5.73 Å². The van der Waals surface area contributed by atoms with Crippen molar-refractivity contribution in [3.63, 3.8) is 0 Å². The summed E-state index contributed by atoms with van der Waals surface area (Å²) in [6, 6.07) is 8.53. The molecule has 0 atom stereocenters. The minimum Gasteiger partial charge on any atom is -0.390 e. The fourth-order valence-electron chi connectivity index (χ4n) is 1.80. The van der Waals surface area contributed by atoms with E-state index in [1.165, 1.54) is 11.1 Å². The van der Waals surface area contributed by atoms with Gasteiger partial charge in [-0.05, 0) is 58.1 Å². The first-order valence-electron chi connectivity index (χ1n) is 6.25. The lowest BCUT2D eigenvalue weighted by Crippen LogP contribution is -2.34. The van der Waals surface area contributed by atoms with Gasteiger partial charge >= 0.3 is 0 Å². The second-order valence-electron chi connectivity index (χ2n) is 6.29. The van der Waals surface area contributed by atoms with Crippen molar-refractivity contribution in [2.45, 2.75) is 58.1 Å². The van der Waals surface area contributed by atoms with E-state index in [1.54, 1.807) is 0 Å². The summed E-state index contributed by atoms with van der Waals surface area (Å²) in [4.78, 5) is 0. The number of rotatable bonds is 5. The van der Waals surface area contributed by atoms with Crippen molar-refractivity contribution in [2.24, 2.45) is 5.73 Å². The Morgan fingerprint density at radius 1 is 1.00 bits per heavy atom. The molecule has 0 saturated carbocycles. The van der Waals surface area contributed by atoms with Gasteiger partial charge in [-0.2, -0.15) is 0 Å². The first kappa shape index (κ1) is 14.2. The maximum Gasteiger partial charge on any atom is 0.0594 e. The van der Waals surface area contributed by atoms with Crippen LogP contribution >= 0.6 is 0 Å². The van der Waals surface area contributed by atoms with Crippen molar-refractivity contribution in [1.82, 2.24) is 0 Å². The van der Waals surface area contributed by atoms with Crippen LogP contribution in [0.4, 0.5) is 0 Å². The Morgan fingerprint density at radius 3 is 1.88 bits per heavy atom. The van der Waals surface area contributed by atoms with Crippen molar-refractivity contribution in [3.05, 3.63) is 35.4 Å². The van der Waals surface area contributed by atoms with Crippen molar-refractivity contribution in [3.8, 4) is 0 Å². The fraction of sp³-hybridized carbons (Fsp3) is 0.600. The summed E-state index contributed by atoms with van der Waals surface area (Å²) in [5.74, 6) is 0. The highest BCUT2D eigenvalue weighted by Gasteiger charge is 2.13. The van der Waals surface area contributed by atoms with Gasteiger partial charge in [0.2, 0.25) is 0 Å². The molecular weight excluding hydrogens is 210 g/mol. The number of nitrogens with two attached hydrogens (primary N) is 1. The Morgan fingerprint density at radius 2 is 1.47 bits per heavy atom. The third-order valence-corrected chi connectivity index (χ3v) is 2.71. The molecule has 2 nitrogen and oxygen atoms in total. The Labute approximate surface area is 105 Å². The molecule has 1 aromatic carbocycles. The lowest BCUT2D eigenvalue weighted by molar-refractivity contribution is 0.0714. The molecule has 0 aliphatic rings. The second kappa shape index (κ2) is 5.19. The van der Waals surface area contributed by atoms with Crippen molar-refractivity contribution in [2.75, 3.05) is 0 Å². The smallest absolute Gasteiger partial charge is 0.0594 e. The van der Waals surface area contributed by atoms with E-state index in [-0.39, 0.29) is 5.54 Å². The molecule has 0 aliphatic carbocycles. The summed E-state index contributed by atoms with van der Waals surface area (Å²) in [5, 5.41) is 9.67. The average molecular weight is 235 g/mol. The van der Waals surface area contributed by atoms with Gasteiger partial charge in [0.25, 0.3) is 0 Å². The number of aryl methyl sites for hydroxylation is 1. The summed E-state index contributed by atoms with van der Waals surface area (Å²) in [6.45, 7) is 7.76. The zero-order valence-corrected chi connectivity index (χ0v) is 11.5. The van der Waals surface area contributed by atoms with Gasteiger partial charge in [0.05, 0.1) is 5.60 Å². The van der Waals surface area contributed by atoms with E-state index < -0.39 is 5.60 Å². The number of benzene rings is 1. The predicted octanol–water partition coefficient (Wildman–Crippen LogP) is 2.67. The molecule has 0 radical (unpaired) electrons. The zero-order valence-electron chi connectivity index (χ0n) is 11.5.